The SMILES string of the molecule is C=Cc1cnc(N)c2c(C#Cc3ccc4c(c3)ncn4C3CC3)nn(C3CCN(C(=O)OC(C)(C)C)C3)c12. The lowest BCUT2D eigenvalue weighted by atomic mass is 10.1. The monoisotopic (exact) mass is 509 g/mol. The summed E-state index contributed by atoms with van der Waals surface area (Å²) in [4.78, 5) is 23.3. The Balaban J connectivity index is 1.36. The summed E-state index contributed by atoms with van der Waals surface area (Å²) in [5.74, 6) is 6.85. The Bertz CT molecular complexity index is 1640. The van der Waals surface area contributed by atoms with E-state index in [1.165, 1.54) is 12.8 Å². The normalized spacial score (nSPS) is 17.6. The van der Waals surface area contributed by atoms with Gasteiger partial charge in [-0.3, -0.25) is 4.68 Å². The van der Waals surface area contributed by atoms with Crippen molar-refractivity contribution in [3.05, 3.63) is 54.1 Å². The van der Waals surface area contributed by atoms with Crippen LogP contribution in [0.3, 0.4) is 0 Å². The van der Waals surface area contributed by atoms with Gasteiger partial charge in [0.2, 0.25) is 0 Å². The van der Waals surface area contributed by atoms with Crippen LogP contribution < -0.4 is 5.73 Å². The van der Waals surface area contributed by atoms with Gasteiger partial charge in [0.1, 0.15) is 17.1 Å². The number of rotatable bonds is 3. The molecule has 4 aromatic rings. The molecule has 38 heavy (non-hydrogen) atoms. The molecule has 0 spiro atoms. The van der Waals surface area contributed by atoms with E-state index >= 15 is 0 Å². The third-order valence-electron chi connectivity index (χ3n) is 7.00. The summed E-state index contributed by atoms with van der Waals surface area (Å²) in [6.45, 7) is 10.6. The number of aromatic nitrogens is 5. The number of ether oxygens (including phenoxy) is 1. The number of amides is 1. The van der Waals surface area contributed by atoms with Crippen LogP contribution in [0, 0.1) is 11.8 Å². The van der Waals surface area contributed by atoms with Crippen LogP contribution in [0.15, 0.2) is 37.3 Å². The maximum Gasteiger partial charge on any atom is 0.410 e. The first-order valence-electron chi connectivity index (χ1n) is 13.0. The van der Waals surface area contributed by atoms with E-state index in [9.17, 15) is 4.79 Å². The number of anilines is 1. The number of nitrogen functional groups attached to an aromatic ring is 1. The van der Waals surface area contributed by atoms with Crippen LogP contribution in [-0.4, -0.2) is 54.0 Å². The predicted molar refractivity (Wildman–Crippen MR) is 147 cm³/mol. The molecule has 1 saturated carbocycles. The lowest BCUT2D eigenvalue weighted by Gasteiger charge is -2.24. The van der Waals surface area contributed by atoms with Crippen LogP contribution in [0.5, 0.6) is 0 Å². The van der Waals surface area contributed by atoms with Crippen LogP contribution >= 0.6 is 0 Å². The van der Waals surface area contributed by atoms with Crippen LogP contribution in [-0.2, 0) is 4.74 Å². The van der Waals surface area contributed by atoms with Crippen molar-refractivity contribution in [3.8, 4) is 11.8 Å². The van der Waals surface area contributed by atoms with Gasteiger partial charge in [-0.2, -0.15) is 5.10 Å². The lowest BCUT2D eigenvalue weighted by molar-refractivity contribution is 0.0288. The number of fused-ring (bicyclic) bond motifs is 2. The Labute approximate surface area is 221 Å². The minimum Gasteiger partial charge on any atom is -0.444 e. The zero-order chi connectivity index (χ0) is 26.6. The summed E-state index contributed by atoms with van der Waals surface area (Å²) in [5.41, 5.74) is 10.9. The average Bonchev–Trinajstić information content (AvgIpc) is 3.27. The van der Waals surface area contributed by atoms with Gasteiger partial charge in [0.05, 0.1) is 34.3 Å². The summed E-state index contributed by atoms with van der Waals surface area (Å²) in [5, 5.41) is 5.60. The average molecular weight is 510 g/mol. The fraction of sp³-hybridized carbons (Fsp3) is 0.379. The largest absolute Gasteiger partial charge is 0.444 e. The molecule has 2 aliphatic rings. The highest BCUT2D eigenvalue weighted by atomic mass is 16.6. The molecule has 3 aromatic heterocycles. The lowest BCUT2D eigenvalue weighted by Crippen LogP contribution is -2.35. The first-order valence-corrected chi connectivity index (χ1v) is 13.0. The van der Waals surface area contributed by atoms with E-state index in [2.05, 4.69) is 39.0 Å². The van der Waals surface area contributed by atoms with Crippen molar-refractivity contribution >= 4 is 39.9 Å². The fourth-order valence-electron chi connectivity index (χ4n) is 5.04. The molecule has 1 aliphatic carbocycles. The molecule has 1 unspecified atom stereocenters. The van der Waals surface area contributed by atoms with Crippen molar-refractivity contribution in [2.24, 2.45) is 0 Å². The zero-order valence-corrected chi connectivity index (χ0v) is 21.9. The van der Waals surface area contributed by atoms with Gasteiger partial charge in [-0.05, 0) is 64.2 Å². The summed E-state index contributed by atoms with van der Waals surface area (Å²) in [6, 6.07) is 6.62. The quantitative estimate of drug-likeness (QED) is 0.393. The number of benzene rings is 1. The Morgan fingerprint density at radius 1 is 1.18 bits per heavy atom. The molecule has 1 atom stereocenters. The van der Waals surface area contributed by atoms with E-state index in [0.29, 0.717) is 36.0 Å². The minimum atomic E-state index is -0.550. The second kappa shape index (κ2) is 8.91. The summed E-state index contributed by atoms with van der Waals surface area (Å²) in [6.07, 6.45) is 8.20. The van der Waals surface area contributed by atoms with E-state index in [-0.39, 0.29) is 12.1 Å². The fourth-order valence-corrected chi connectivity index (χ4v) is 5.04. The number of nitrogens with two attached hydrogens (primary N) is 1. The molecule has 9 heteroatoms. The molecule has 1 amide bonds. The Morgan fingerprint density at radius 2 is 2.00 bits per heavy atom. The van der Waals surface area contributed by atoms with Crippen molar-refractivity contribution in [1.29, 1.82) is 0 Å². The second-order valence-electron chi connectivity index (χ2n) is 11.0. The van der Waals surface area contributed by atoms with E-state index < -0.39 is 5.60 Å². The van der Waals surface area contributed by atoms with Gasteiger partial charge >= 0.3 is 6.09 Å². The molecule has 2 N–H and O–H groups in total. The number of carbonyl (C=O) groups excluding carboxylic acids is 1. The van der Waals surface area contributed by atoms with Gasteiger partial charge in [-0.1, -0.05) is 18.6 Å². The zero-order valence-electron chi connectivity index (χ0n) is 21.9. The van der Waals surface area contributed by atoms with Crippen LogP contribution in [0.2, 0.25) is 0 Å². The maximum atomic E-state index is 12.7. The molecule has 0 bridgehead atoms. The molecule has 0 radical (unpaired) electrons. The van der Waals surface area contributed by atoms with Crippen molar-refractivity contribution in [3.63, 3.8) is 0 Å². The first-order chi connectivity index (χ1) is 18.2. The molecular weight excluding hydrogens is 478 g/mol. The number of carbonyl (C=O) groups is 1. The van der Waals surface area contributed by atoms with E-state index in [1.807, 2.05) is 43.9 Å². The van der Waals surface area contributed by atoms with Crippen molar-refractivity contribution in [1.82, 2.24) is 29.2 Å². The number of likely N-dealkylation sites (tertiary alicyclic amines) is 1. The molecule has 194 valence electrons. The highest BCUT2D eigenvalue weighted by Crippen LogP contribution is 2.37. The van der Waals surface area contributed by atoms with Crippen molar-refractivity contribution in [2.45, 2.75) is 57.7 Å². The Morgan fingerprint density at radius 3 is 2.74 bits per heavy atom. The molecular formula is C29H31N7O2. The smallest absolute Gasteiger partial charge is 0.410 e. The van der Waals surface area contributed by atoms with Crippen molar-refractivity contribution in [2.75, 3.05) is 18.8 Å². The highest BCUT2D eigenvalue weighted by molar-refractivity contribution is 5.98. The van der Waals surface area contributed by atoms with Crippen LogP contribution in [0.4, 0.5) is 10.6 Å². The van der Waals surface area contributed by atoms with E-state index in [1.54, 1.807) is 17.2 Å². The third kappa shape index (κ3) is 4.36. The van der Waals surface area contributed by atoms with Crippen LogP contribution in [0.1, 0.15) is 68.9 Å². The summed E-state index contributed by atoms with van der Waals surface area (Å²) in [7, 11) is 0. The molecule has 2 fully saturated rings. The van der Waals surface area contributed by atoms with Gasteiger partial charge in [0.25, 0.3) is 0 Å². The van der Waals surface area contributed by atoms with Gasteiger partial charge < -0.3 is 19.9 Å². The molecule has 1 aliphatic heterocycles. The van der Waals surface area contributed by atoms with Gasteiger partial charge in [0.15, 0.2) is 0 Å². The van der Waals surface area contributed by atoms with Crippen molar-refractivity contribution < 1.29 is 9.53 Å². The predicted octanol–water partition coefficient (Wildman–Crippen LogP) is 4.92. The number of hydrogen-bond acceptors (Lipinski definition) is 6. The molecule has 9 nitrogen and oxygen atoms in total. The topological polar surface area (TPSA) is 104 Å². The summed E-state index contributed by atoms with van der Waals surface area (Å²) < 4.78 is 9.75. The minimum absolute atomic E-state index is 0.0520. The number of imidazole rings is 1. The second-order valence-corrected chi connectivity index (χ2v) is 11.0. The third-order valence-corrected chi connectivity index (χ3v) is 7.00. The number of nitrogens with zero attached hydrogens (tertiary/aromatic N) is 6. The van der Waals surface area contributed by atoms with Gasteiger partial charge in [-0.15, -0.1) is 0 Å². The first kappa shape index (κ1) is 24.0. The van der Waals surface area contributed by atoms with Gasteiger partial charge in [0, 0.05) is 36.5 Å². The number of pyridine rings is 1. The van der Waals surface area contributed by atoms with E-state index in [4.69, 9.17) is 15.6 Å². The molecule has 6 rings (SSSR count). The molecule has 4 heterocycles. The molecule has 1 saturated heterocycles. The summed E-state index contributed by atoms with van der Waals surface area (Å²) >= 11 is 0. The standard InChI is InChI=1S/C29H31N7O2/c1-5-19-15-31-27(30)25-22(10-6-18-7-11-24-23(14-18)32-17-35(24)20-8-9-20)33-36(26(19)25)21-12-13-34(16-21)28(37)38-29(2,3)4/h5,7,11,14-15,17,20-21H,1,8-9,12-13,16H2,2-4H3,(H2,30,31). The van der Waals surface area contributed by atoms with Crippen LogP contribution in [0.25, 0.3) is 28.0 Å². The van der Waals surface area contributed by atoms with E-state index in [0.717, 1.165) is 34.1 Å². The Hall–Kier alpha value is -4.32. The molecule has 1 aromatic carbocycles. The highest BCUT2D eigenvalue weighted by Gasteiger charge is 2.33. The maximum absolute atomic E-state index is 12.7. The Kier molecular flexibility index (Phi) is 5.64. The number of hydrogen-bond donors (Lipinski definition) is 1. The van der Waals surface area contributed by atoms with Gasteiger partial charge in [-0.25, -0.2) is 14.8 Å².